The van der Waals surface area contributed by atoms with Crippen molar-refractivity contribution in [1.29, 1.82) is 0 Å². The lowest BCUT2D eigenvalue weighted by Crippen LogP contribution is -2.35. The molecule has 2 aromatic rings. The highest BCUT2D eigenvalue weighted by Crippen LogP contribution is 2.42. The van der Waals surface area contributed by atoms with E-state index in [-0.39, 0.29) is 28.5 Å². The van der Waals surface area contributed by atoms with Gasteiger partial charge in [0.2, 0.25) is 0 Å². The van der Waals surface area contributed by atoms with E-state index in [4.69, 9.17) is 23.2 Å². The van der Waals surface area contributed by atoms with Crippen LogP contribution in [-0.4, -0.2) is 58.9 Å². The van der Waals surface area contributed by atoms with Gasteiger partial charge in [0.15, 0.2) is 0 Å². The molecule has 31 heavy (non-hydrogen) atoms. The van der Waals surface area contributed by atoms with Crippen molar-refractivity contribution < 1.29 is 19.8 Å². The third kappa shape index (κ3) is 4.42. The lowest BCUT2D eigenvalue weighted by Gasteiger charge is -2.27. The number of amides is 1. The number of ketones is 1. The van der Waals surface area contributed by atoms with Gasteiger partial charge in [-0.1, -0.05) is 29.3 Å². The molecule has 1 aliphatic rings. The molecule has 0 aromatic heterocycles. The Labute approximate surface area is 191 Å². The molecule has 0 saturated carbocycles. The van der Waals surface area contributed by atoms with Crippen LogP contribution in [0.15, 0.2) is 35.9 Å². The summed E-state index contributed by atoms with van der Waals surface area (Å²) in [5.74, 6) is -2.14. The molecule has 3 rings (SSSR count). The van der Waals surface area contributed by atoms with Gasteiger partial charge in [0.25, 0.3) is 11.7 Å². The second kappa shape index (κ2) is 8.91. The van der Waals surface area contributed by atoms with E-state index in [2.05, 4.69) is 0 Å². The zero-order valence-electron chi connectivity index (χ0n) is 17.7. The number of phenolic OH excluding ortho intramolecular Hbond substituents is 1. The summed E-state index contributed by atoms with van der Waals surface area (Å²) in [4.78, 5) is 29.2. The monoisotopic (exact) mass is 462 g/mol. The Hall–Kier alpha value is -2.54. The highest BCUT2D eigenvalue weighted by Gasteiger charge is 2.46. The molecule has 0 radical (unpaired) electrons. The summed E-state index contributed by atoms with van der Waals surface area (Å²) in [7, 11) is 3.72. The van der Waals surface area contributed by atoms with Gasteiger partial charge in [0.1, 0.15) is 11.5 Å². The number of halogens is 2. The Balaban J connectivity index is 2.23. The number of aryl methyl sites for hydroxylation is 2. The van der Waals surface area contributed by atoms with E-state index in [0.29, 0.717) is 17.1 Å². The maximum Gasteiger partial charge on any atom is 0.295 e. The number of rotatable bonds is 5. The van der Waals surface area contributed by atoms with E-state index < -0.39 is 23.5 Å². The van der Waals surface area contributed by atoms with Gasteiger partial charge in [-0.05, 0) is 68.9 Å². The molecule has 1 amide bonds. The van der Waals surface area contributed by atoms with Crippen LogP contribution in [0.4, 0.5) is 0 Å². The van der Waals surface area contributed by atoms with Gasteiger partial charge in [-0.3, -0.25) is 9.59 Å². The van der Waals surface area contributed by atoms with Crippen LogP contribution in [0.5, 0.6) is 5.75 Å². The molecule has 0 spiro atoms. The summed E-state index contributed by atoms with van der Waals surface area (Å²) in [6, 6.07) is 7.08. The number of Topliss-reactive ketones (excluding diaryl/α,β-unsaturated/α-hetero) is 1. The van der Waals surface area contributed by atoms with Crippen LogP contribution in [0.1, 0.15) is 28.3 Å². The Morgan fingerprint density at radius 1 is 1.06 bits per heavy atom. The number of phenols is 1. The molecule has 8 heteroatoms. The van der Waals surface area contributed by atoms with Gasteiger partial charge in [0.05, 0.1) is 27.2 Å². The molecule has 164 valence electrons. The molecular formula is C23H24Cl2N2O4. The number of aliphatic hydroxyl groups excluding tert-OH is 1. The molecule has 2 aromatic carbocycles. The van der Waals surface area contributed by atoms with Crippen LogP contribution in [0.2, 0.25) is 10.0 Å². The van der Waals surface area contributed by atoms with E-state index in [9.17, 15) is 19.8 Å². The number of nitrogens with zero attached hydrogens (tertiary/aromatic N) is 2. The van der Waals surface area contributed by atoms with Crippen molar-refractivity contribution in [3.05, 3.63) is 68.2 Å². The average Bonchev–Trinajstić information content (AvgIpc) is 2.95. The Kier molecular flexibility index (Phi) is 6.65. The van der Waals surface area contributed by atoms with E-state index >= 15 is 0 Å². The van der Waals surface area contributed by atoms with Crippen LogP contribution < -0.4 is 0 Å². The van der Waals surface area contributed by atoms with Crippen molar-refractivity contribution in [1.82, 2.24) is 9.80 Å². The maximum atomic E-state index is 13.0. The fourth-order valence-corrected chi connectivity index (χ4v) is 3.89. The zero-order chi connectivity index (χ0) is 23.0. The number of hydrogen-bond acceptors (Lipinski definition) is 5. The van der Waals surface area contributed by atoms with Crippen molar-refractivity contribution in [2.75, 3.05) is 27.2 Å². The van der Waals surface area contributed by atoms with Crippen molar-refractivity contribution >= 4 is 40.7 Å². The minimum atomic E-state index is -0.865. The predicted molar refractivity (Wildman–Crippen MR) is 122 cm³/mol. The van der Waals surface area contributed by atoms with Gasteiger partial charge >= 0.3 is 0 Å². The Morgan fingerprint density at radius 2 is 1.71 bits per heavy atom. The van der Waals surface area contributed by atoms with Gasteiger partial charge < -0.3 is 20.0 Å². The molecular weight excluding hydrogens is 439 g/mol. The second-order valence-electron chi connectivity index (χ2n) is 7.92. The van der Waals surface area contributed by atoms with Gasteiger partial charge in [-0.25, -0.2) is 0 Å². The first kappa shape index (κ1) is 23.1. The van der Waals surface area contributed by atoms with Crippen LogP contribution in [0.3, 0.4) is 0 Å². The van der Waals surface area contributed by atoms with Crippen molar-refractivity contribution in [3.63, 3.8) is 0 Å². The molecule has 1 heterocycles. The minimum absolute atomic E-state index is 0.0961. The smallest absolute Gasteiger partial charge is 0.295 e. The minimum Gasteiger partial charge on any atom is -0.507 e. The molecule has 1 unspecified atom stereocenters. The molecule has 2 N–H and O–H groups in total. The fraction of sp³-hybridized carbons (Fsp3) is 0.304. The molecule has 1 aliphatic heterocycles. The maximum absolute atomic E-state index is 13.0. The fourth-order valence-electron chi connectivity index (χ4n) is 3.58. The third-order valence-corrected chi connectivity index (χ3v) is 6.19. The number of carbonyl (C=O) groups is 2. The lowest BCUT2D eigenvalue weighted by atomic mass is 9.94. The van der Waals surface area contributed by atoms with Crippen LogP contribution >= 0.6 is 23.2 Å². The third-order valence-electron chi connectivity index (χ3n) is 5.45. The predicted octanol–water partition coefficient (Wildman–Crippen LogP) is 4.30. The topological polar surface area (TPSA) is 81.1 Å². The van der Waals surface area contributed by atoms with Gasteiger partial charge in [-0.15, -0.1) is 0 Å². The Bertz CT molecular complexity index is 1100. The van der Waals surface area contributed by atoms with Crippen molar-refractivity contribution in [2.24, 2.45) is 0 Å². The Morgan fingerprint density at radius 3 is 2.32 bits per heavy atom. The van der Waals surface area contributed by atoms with Crippen LogP contribution in [-0.2, 0) is 9.59 Å². The molecule has 1 saturated heterocycles. The number of likely N-dealkylation sites (N-methyl/N-ethyl adjacent to an activating group) is 1. The van der Waals surface area contributed by atoms with E-state index in [1.54, 1.807) is 24.3 Å². The number of hydrogen-bond donors (Lipinski definition) is 2. The summed E-state index contributed by atoms with van der Waals surface area (Å²) in [5.41, 5.74) is 2.20. The summed E-state index contributed by atoms with van der Waals surface area (Å²) >= 11 is 12.3. The first-order chi connectivity index (χ1) is 14.5. The normalized spacial score (nSPS) is 18.3. The van der Waals surface area contributed by atoms with Crippen molar-refractivity contribution in [3.8, 4) is 5.75 Å². The number of likely N-dealkylation sites (tertiary alicyclic amines) is 1. The van der Waals surface area contributed by atoms with Crippen molar-refractivity contribution in [2.45, 2.75) is 19.9 Å². The second-order valence-corrected chi connectivity index (χ2v) is 8.74. The first-order valence-electron chi connectivity index (χ1n) is 9.71. The molecule has 1 atom stereocenters. The number of benzene rings is 2. The number of aliphatic hydroxyl groups is 1. The summed E-state index contributed by atoms with van der Waals surface area (Å²) in [6.07, 6.45) is 0. The molecule has 1 fully saturated rings. The van der Waals surface area contributed by atoms with E-state index in [1.165, 1.54) is 11.0 Å². The summed E-state index contributed by atoms with van der Waals surface area (Å²) in [6.45, 7) is 4.43. The van der Waals surface area contributed by atoms with E-state index in [1.807, 2.05) is 32.8 Å². The summed E-state index contributed by atoms with van der Waals surface area (Å²) in [5, 5.41) is 22.1. The highest BCUT2D eigenvalue weighted by molar-refractivity contribution is 6.47. The van der Waals surface area contributed by atoms with Crippen LogP contribution in [0, 0.1) is 13.8 Å². The molecule has 6 nitrogen and oxygen atoms in total. The molecule has 0 aliphatic carbocycles. The van der Waals surface area contributed by atoms with Crippen LogP contribution in [0.25, 0.3) is 5.76 Å². The van der Waals surface area contributed by atoms with Gasteiger partial charge in [-0.2, -0.15) is 0 Å². The van der Waals surface area contributed by atoms with Gasteiger partial charge in [0, 0.05) is 13.1 Å². The lowest BCUT2D eigenvalue weighted by molar-refractivity contribution is -0.140. The standard InChI is InChI=1S/C23H24Cl2N2O4/c1-12-9-15(18(28)10-13(12)2)21(29)19-20(14-5-6-16(24)17(25)11-14)27(8-7-26(3)4)23(31)22(19)30/h5-6,9-11,20,28-29H,7-8H2,1-4H3/b21-19+. The van der Waals surface area contributed by atoms with E-state index in [0.717, 1.165) is 11.1 Å². The quantitative estimate of drug-likeness (QED) is 0.393. The highest BCUT2D eigenvalue weighted by atomic mass is 35.5. The SMILES string of the molecule is Cc1cc(O)c(/C(O)=C2\C(=O)C(=O)N(CCN(C)C)C2c2ccc(Cl)c(Cl)c2)cc1C. The molecule has 0 bridgehead atoms. The number of carbonyl (C=O) groups excluding carboxylic acids is 2. The zero-order valence-corrected chi connectivity index (χ0v) is 19.3. The largest absolute Gasteiger partial charge is 0.507 e. The summed E-state index contributed by atoms with van der Waals surface area (Å²) < 4.78 is 0. The average molecular weight is 463 g/mol. The first-order valence-corrected chi connectivity index (χ1v) is 10.5. The number of aromatic hydroxyl groups is 1.